The van der Waals surface area contributed by atoms with Gasteiger partial charge in [-0.3, -0.25) is 4.79 Å². The van der Waals surface area contributed by atoms with Gasteiger partial charge in [-0.25, -0.2) is 0 Å². The molecule has 2 aliphatic rings. The molecule has 3 N–H and O–H groups in total. The number of aliphatic hydroxyl groups excluding tert-OH is 1. The molecule has 2 unspecified atom stereocenters. The van der Waals surface area contributed by atoms with Crippen LogP contribution in [0.1, 0.15) is 32.6 Å². The fourth-order valence-corrected chi connectivity index (χ4v) is 2.21. The minimum Gasteiger partial charge on any atom is -0.389 e. The van der Waals surface area contributed by atoms with Gasteiger partial charge in [0, 0.05) is 13.2 Å². The summed E-state index contributed by atoms with van der Waals surface area (Å²) in [7, 11) is 0. The zero-order chi connectivity index (χ0) is 13.0. The van der Waals surface area contributed by atoms with Gasteiger partial charge >= 0.3 is 0 Å². The quantitative estimate of drug-likeness (QED) is 0.637. The average Bonchev–Trinajstić information content (AvgIpc) is 3.06. The van der Waals surface area contributed by atoms with E-state index in [4.69, 9.17) is 4.74 Å². The van der Waals surface area contributed by atoms with Crippen LogP contribution in [0, 0.1) is 5.92 Å². The summed E-state index contributed by atoms with van der Waals surface area (Å²) in [5, 5.41) is 15.7. The SMILES string of the molecule is CC1(C(=O)NCC(O)COCC2CC2)CCCN1.Cl. The third-order valence-corrected chi connectivity index (χ3v) is 3.73. The van der Waals surface area contributed by atoms with Gasteiger partial charge in [0.1, 0.15) is 0 Å². The van der Waals surface area contributed by atoms with E-state index in [-0.39, 0.29) is 24.9 Å². The number of rotatable bonds is 7. The Morgan fingerprint density at radius 1 is 1.58 bits per heavy atom. The lowest BCUT2D eigenvalue weighted by Crippen LogP contribution is -2.52. The summed E-state index contributed by atoms with van der Waals surface area (Å²) in [5.74, 6) is 0.676. The Morgan fingerprint density at radius 2 is 2.32 bits per heavy atom. The van der Waals surface area contributed by atoms with Gasteiger partial charge in [-0.2, -0.15) is 0 Å². The van der Waals surface area contributed by atoms with E-state index in [1.807, 2.05) is 6.92 Å². The smallest absolute Gasteiger partial charge is 0.240 e. The molecule has 0 aromatic carbocycles. The summed E-state index contributed by atoms with van der Waals surface area (Å²) >= 11 is 0. The molecule has 2 rings (SSSR count). The Kier molecular flexibility index (Phi) is 6.53. The average molecular weight is 293 g/mol. The second-order valence-electron chi connectivity index (χ2n) is 5.71. The van der Waals surface area contributed by atoms with Crippen LogP contribution >= 0.6 is 12.4 Å². The number of aliphatic hydroxyl groups is 1. The van der Waals surface area contributed by atoms with Crippen molar-refractivity contribution < 1.29 is 14.6 Å². The summed E-state index contributed by atoms with van der Waals surface area (Å²) in [5.41, 5.74) is -0.464. The largest absolute Gasteiger partial charge is 0.389 e. The van der Waals surface area contributed by atoms with Crippen molar-refractivity contribution in [3.8, 4) is 0 Å². The maximum absolute atomic E-state index is 11.9. The van der Waals surface area contributed by atoms with Crippen molar-refractivity contribution in [3.05, 3.63) is 0 Å². The van der Waals surface area contributed by atoms with E-state index in [1.54, 1.807) is 0 Å². The molecular weight excluding hydrogens is 268 g/mol. The van der Waals surface area contributed by atoms with E-state index in [1.165, 1.54) is 12.8 Å². The molecule has 0 bridgehead atoms. The van der Waals surface area contributed by atoms with Crippen molar-refractivity contribution in [2.24, 2.45) is 5.92 Å². The third kappa shape index (κ3) is 5.26. The van der Waals surface area contributed by atoms with Crippen molar-refractivity contribution in [3.63, 3.8) is 0 Å². The zero-order valence-electron chi connectivity index (χ0n) is 11.5. The molecule has 19 heavy (non-hydrogen) atoms. The van der Waals surface area contributed by atoms with Gasteiger partial charge in [0.2, 0.25) is 5.91 Å². The minimum atomic E-state index is -0.613. The third-order valence-electron chi connectivity index (χ3n) is 3.73. The van der Waals surface area contributed by atoms with Crippen molar-refractivity contribution in [2.75, 3.05) is 26.3 Å². The van der Waals surface area contributed by atoms with Crippen molar-refractivity contribution in [1.82, 2.24) is 10.6 Å². The predicted octanol–water partition coefficient (Wildman–Crippen LogP) is 0.454. The number of carbonyl (C=O) groups excluding carboxylic acids is 1. The molecule has 2 fully saturated rings. The molecular formula is C13H25ClN2O3. The lowest BCUT2D eigenvalue weighted by Gasteiger charge is -2.24. The monoisotopic (exact) mass is 292 g/mol. The molecule has 1 saturated heterocycles. The standard InChI is InChI=1S/C13H24N2O3.ClH/c1-13(5-2-6-15-13)12(17)14-7-11(16)9-18-8-10-3-4-10;/h10-11,15-16H,2-9H2,1H3,(H,14,17);1H. The van der Waals surface area contributed by atoms with Crippen LogP contribution in [0.25, 0.3) is 0 Å². The van der Waals surface area contributed by atoms with Gasteiger partial charge in [0.25, 0.3) is 0 Å². The Hall–Kier alpha value is -0.360. The second-order valence-corrected chi connectivity index (χ2v) is 5.71. The number of amides is 1. The molecule has 1 aliphatic carbocycles. The fraction of sp³-hybridized carbons (Fsp3) is 0.923. The van der Waals surface area contributed by atoms with Crippen LogP contribution in [0.5, 0.6) is 0 Å². The van der Waals surface area contributed by atoms with Crippen LogP contribution in [-0.4, -0.2) is 49.0 Å². The van der Waals surface area contributed by atoms with Gasteiger partial charge in [0.15, 0.2) is 0 Å². The summed E-state index contributed by atoms with van der Waals surface area (Å²) in [6.45, 7) is 4.11. The first-order valence-electron chi connectivity index (χ1n) is 6.89. The van der Waals surface area contributed by atoms with E-state index < -0.39 is 11.6 Å². The first kappa shape index (κ1) is 16.7. The predicted molar refractivity (Wildman–Crippen MR) is 75.4 cm³/mol. The second kappa shape index (κ2) is 7.43. The van der Waals surface area contributed by atoms with Gasteiger partial charge in [0.05, 0.1) is 18.2 Å². The molecule has 0 radical (unpaired) electrons. The summed E-state index contributed by atoms with van der Waals surface area (Å²) in [6.07, 6.45) is 3.76. The fourth-order valence-electron chi connectivity index (χ4n) is 2.21. The molecule has 0 aromatic rings. The van der Waals surface area contributed by atoms with Crippen LogP contribution in [0.15, 0.2) is 0 Å². The number of hydrogen-bond acceptors (Lipinski definition) is 4. The number of nitrogens with one attached hydrogen (secondary N) is 2. The topological polar surface area (TPSA) is 70.6 Å². The van der Waals surface area contributed by atoms with Gasteiger partial charge in [-0.1, -0.05) is 0 Å². The molecule has 0 spiro atoms. The van der Waals surface area contributed by atoms with E-state index in [9.17, 15) is 9.90 Å². The first-order valence-corrected chi connectivity index (χ1v) is 6.89. The molecule has 1 heterocycles. The van der Waals surface area contributed by atoms with Crippen molar-refractivity contribution in [2.45, 2.75) is 44.2 Å². The molecule has 1 aliphatic heterocycles. The summed E-state index contributed by atoms with van der Waals surface area (Å²) < 4.78 is 5.39. The highest BCUT2D eigenvalue weighted by atomic mass is 35.5. The Balaban J connectivity index is 0.00000180. The molecule has 1 amide bonds. The Labute approximate surface area is 120 Å². The summed E-state index contributed by atoms with van der Waals surface area (Å²) in [6, 6.07) is 0. The van der Waals surface area contributed by atoms with Gasteiger partial charge in [-0.05, 0) is 45.1 Å². The number of ether oxygens (including phenoxy) is 1. The highest BCUT2D eigenvalue weighted by molar-refractivity contribution is 5.86. The molecule has 1 saturated carbocycles. The normalized spacial score (nSPS) is 27.7. The van der Waals surface area contributed by atoms with Crippen LogP contribution in [0.3, 0.4) is 0 Å². The zero-order valence-corrected chi connectivity index (χ0v) is 12.3. The highest BCUT2D eigenvalue weighted by Gasteiger charge is 2.35. The molecule has 6 heteroatoms. The highest BCUT2D eigenvalue weighted by Crippen LogP contribution is 2.28. The van der Waals surface area contributed by atoms with Crippen LogP contribution < -0.4 is 10.6 Å². The number of halogens is 1. The van der Waals surface area contributed by atoms with Gasteiger partial charge < -0.3 is 20.5 Å². The first-order chi connectivity index (χ1) is 8.60. The lowest BCUT2D eigenvalue weighted by atomic mass is 9.99. The Morgan fingerprint density at radius 3 is 2.89 bits per heavy atom. The van der Waals surface area contributed by atoms with E-state index in [2.05, 4.69) is 10.6 Å². The van der Waals surface area contributed by atoms with Crippen molar-refractivity contribution in [1.29, 1.82) is 0 Å². The number of hydrogen-bond donors (Lipinski definition) is 3. The van der Waals surface area contributed by atoms with E-state index in [0.717, 1.165) is 26.0 Å². The van der Waals surface area contributed by atoms with Crippen LogP contribution in [0.2, 0.25) is 0 Å². The lowest BCUT2D eigenvalue weighted by molar-refractivity contribution is -0.127. The van der Waals surface area contributed by atoms with Gasteiger partial charge in [-0.15, -0.1) is 12.4 Å². The Bertz CT molecular complexity index is 292. The minimum absolute atomic E-state index is 0. The van der Waals surface area contributed by atoms with Crippen molar-refractivity contribution >= 4 is 18.3 Å². The molecule has 0 aromatic heterocycles. The molecule has 2 atom stereocenters. The number of carbonyl (C=O) groups is 1. The maximum Gasteiger partial charge on any atom is 0.240 e. The van der Waals surface area contributed by atoms with Crippen LogP contribution in [-0.2, 0) is 9.53 Å². The summed E-state index contributed by atoms with van der Waals surface area (Å²) in [4.78, 5) is 11.9. The molecule has 5 nitrogen and oxygen atoms in total. The maximum atomic E-state index is 11.9. The van der Waals surface area contributed by atoms with E-state index >= 15 is 0 Å². The van der Waals surface area contributed by atoms with E-state index in [0.29, 0.717) is 12.5 Å². The molecule has 112 valence electrons. The van der Waals surface area contributed by atoms with Crippen LogP contribution in [0.4, 0.5) is 0 Å².